The summed E-state index contributed by atoms with van der Waals surface area (Å²) in [6, 6.07) is 8.16. The first-order valence-corrected chi connectivity index (χ1v) is 9.34. The smallest absolute Gasteiger partial charge is 0.0750 e. The molecule has 1 unspecified atom stereocenters. The van der Waals surface area contributed by atoms with E-state index in [1.165, 1.54) is 16.7 Å². The van der Waals surface area contributed by atoms with E-state index in [0.29, 0.717) is 5.88 Å². The molecule has 4 heteroatoms. The van der Waals surface area contributed by atoms with Crippen molar-refractivity contribution in [2.45, 2.75) is 46.6 Å². The first-order chi connectivity index (χ1) is 11.2. The maximum absolute atomic E-state index is 6.01. The summed E-state index contributed by atoms with van der Waals surface area (Å²) in [4.78, 5) is 5.00. The lowest BCUT2D eigenvalue weighted by molar-refractivity contribution is 0.677. The summed E-state index contributed by atoms with van der Waals surface area (Å²) in [5.74, 6) is 0.575. The van der Waals surface area contributed by atoms with Crippen molar-refractivity contribution in [3.8, 4) is 0 Å². The van der Waals surface area contributed by atoms with Crippen molar-refractivity contribution < 1.29 is 0 Å². The van der Waals surface area contributed by atoms with Crippen molar-refractivity contribution in [3.63, 3.8) is 0 Å². The molecule has 0 bridgehead atoms. The number of nitrogens with zero attached hydrogens (tertiary/aromatic N) is 1. The highest BCUT2D eigenvalue weighted by Gasteiger charge is 2.17. The van der Waals surface area contributed by atoms with E-state index in [9.17, 15) is 0 Å². The maximum Gasteiger partial charge on any atom is 0.0750 e. The average Bonchev–Trinajstić information content (AvgIpc) is 2.62. The largest absolute Gasteiger partial charge is 0.311 e. The van der Waals surface area contributed by atoms with E-state index in [0.717, 1.165) is 36.7 Å². The van der Waals surface area contributed by atoms with Gasteiger partial charge in [0.2, 0.25) is 0 Å². The Kier molecular flexibility index (Phi) is 9.54. The van der Waals surface area contributed by atoms with E-state index >= 15 is 0 Å². The van der Waals surface area contributed by atoms with Crippen molar-refractivity contribution in [2.75, 3.05) is 19.0 Å². The Balaban J connectivity index is 0.00000127. The fourth-order valence-electron chi connectivity index (χ4n) is 2.61. The van der Waals surface area contributed by atoms with Crippen molar-refractivity contribution in [2.24, 2.45) is 4.99 Å². The predicted octanol–water partition coefficient (Wildman–Crippen LogP) is 5.81. The normalized spacial score (nSPS) is 19.8. The Labute approximate surface area is 151 Å². The quantitative estimate of drug-likeness (QED) is 0.678. The molecule has 23 heavy (non-hydrogen) atoms. The van der Waals surface area contributed by atoms with Gasteiger partial charge in [0, 0.05) is 17.4 Å². The highest BCUT2D eigenvalue weighted by Crippen LogP contribution is 2.25. The molecular weight excluding hydrogens is 327 g/mol. The molecule has 1 aliphatic rings. The van der Waals surface area contributed by atoms with Crippen LogP contribution in [0.15, 0.2) is 40.4 Å². The number of aliphatic imine (C=N–C) groups is 1. The third kappa shape index (κ3) is 5.95. The molecule has 2 rings (SSSR count). The van der Waals surface area contributed by atoms with Crippen molar-refractivity contribution in [1.82, 2.24) is 5.32 Å². The highest BCUT2D eigenvalue weighted by atomic mass is 35.5. The summed E-state index contributed by atoms with van der Waals surface area (Å²) in [6.45, 7) is 10.1. The summed E-state index contributed by atoms with van der Waals surface area (Å²) in [5, 5.41) is 4.17. The van der Waals surface area contributed by atoms with Crippen LogP contribution < -0.4 is 5.32 Å². The van der Waals surface area contributed by atoms with Crippen LogP contribution in [0.1, 0.15) is 52.1 Å². The van der Waals surface area contributed by atoms with Gasteiger partial charge in [-0.15, -0.1) is 11.6 Å². The Bertz CT molecular complexity index is 533. The fraction of sp³-hybridized carbons (Fsp3) is 0.526. The van der Waals surface area contributed by atoms with Crippen molar-refractivity contribution in [3.05, 3.63) is 46.0 Å². The predicted molar refractivity (Wildman–Crippen MR) is 104 cm³/mol. The monoisotopic (exact) mass is 354 g/mol. The lowest BCUT2D eigenvalue weighted by Crippen LogP contribution is -2.33. The molecule has 0 radical (unpaired) electrons. The second-order valence-corrected chi connectivity index (χ2v) is 6.07. The second kappa shape index (κ2) is 10.9. The number of nitrogens with one attached hydrogen (secondary N) is 1. The number of alkyl halides is 1. The van der Waals surface area contributed by atoms with Gasteiger partial charge in [0.05, 0.1) is 11.8 Å². The van der Waals surface area contributed by atoms with Crippen LogP contribution in [0.3, 0.4) is 0 Å². The lowest BCUT2D eigenvalue weighted by Gasteiger charge is -2.23. The van der Waals surface area contributed by atoms with Gasteiger partial charge in [-0.05, 0) is 49.6 Å². The molecule has 0 spiro atoms. The molecule has 1 N–H and O–H groups in total. The van der Waals surface area contributed by atoms with Crippen LogP contribution >= 0.6 is 23.2 Å². The molecule has 0 amide bonds. The third-order valence-corrected chi connectivity index (χ3v) is 4.51. The minimum atomic E-state index is 0.176. The zero-order valence-electron chi connectivity index (χ0n) is 14.6. The van der Waals surface area contributed by atoms with Gasteiger partial charge in [-0.25, -0.2) is 0 Å². The molecule has 1 aromatic rings. The van der Waals surface area contributed by atoms with Gasteiger partial charge in [0.1, 0.15) is 0 Å². The second-order valence-electron chi connectivity index (χ2n) is 5.37. The SMILES string of the molecule is CC.CCC(N=C1CNCC/C1=C(/C)CCl)c1ccc(Cl)cc1. The average molecular weight is 355 g/mol. The van der Waals surface area contributed by atoms with Gasteiger partial charge in [-0.2, -0.15) is 0 Å². The van der Waals surface area contributed by atoms with Crippen LogP contribution in [-0.2, 0) is 0 Å². The molecular formula is C19H28Cl2N2. The number of hydrogen-bond acceptors (Lipinski definition) is 2. The number of benzene rings is 1. The van der Waals surface area contributed by atoms with Gasteiger partial charge >= 0.3 is 0 Å². The lowest BCUT2D eigenvalue weighted by atomic mass is 9.97. The summed E-state index contributed by atoms with van der Waals surface area (Å²) < 4.78 is 0. The number of piperidine rings is 1. The maximum atomic E-state index is 6.01. The van der Waals surface area contributed by atoms with E-state index in [1.54, 1.807) is 0 Å². The Hall–Kier alpha value is -0.830. The Morgan fingerprint density at radius 2 is 1.91 bits per heavy atom. The molecule has 1 saturated heterocycles. The Morgan fingerprint density at radius 1 is 1.26 bits per heavy atom. The van der Waals surface area contributed by atoms with E-state index in [4.69, 9.17) is 28.2 Å². The highest BCUT2D eigenvalue weighted by molar-refractivity contribution is 6.30. The number of allylic oxidation sites excluding steroid dienone is 1. The first kappa shape index (κ1) is 20.2. The summed E-state index contributed by atoms with van der Waals surface area (Å²) in [5.41, 5.74) is 4.93. The summed E-state index contributed by atoms with van der Waals surface area (Å²) in [6.07, 6.45) is 1.98. The summed E-state index contributed by atoms with van der Waals surface area (Å²) in [7, 11) is 0. The molecule has 0 aliphatic carbocycles. The standard InChI is InChI=1S/C17H22Cl2N2.C2H6/c1-3-16(13-4-6-14(19)7-5-13)21-17-11-20-9-8-15(17)12(2)10-18;1-2/h4-7,16,20H,3,8-11H2,1-2H3;1-2H3/b15-12+,21-17?;. The van der Waals surface area contributed by atoms with Crippen molar-refractivity contribution >= 4 is 28.9 Å². The van der Waals surface area contributed by atoms with Gasteiger partial charge < -0.3 is 5.32 Å². The van der Waals surface area contributed by atoms with Crippen molar-refractivity contribution in [1.29, 1.82) is 0 Å². The summed E-state index contributed by atoms with van der Waals surface area (Å²) >= 11 is 12.0. The molecule has 1 heterocycles. The van der Waals surface area contributed by atoms with Crippen LogP contribution in [0.2, 0.25) is 5.02 Å². The minimum Gasteiger partial charge on any atom is -0.311 e. The van der Waals surface area contributed by atoms with Gasteiger partial charge in [0.15, 0.2) is 0 Å². The van der Waals surface area contributed by atoms with Gasteiger partial charge in [-0.3, -0.25) is 4.99 Å². The van der Waals surface area contributed by atoms with Gasteiger partial charge in [0.25, 0.3) is 0 Å². The van der Waals surface area contributed by atoms with E-state index < -0.39 is 0 Å². The number of halogens is 2. The fourth-order valence-corrected chi connectivity index (χ4v) is 2.90. The zero-order chi connectivity index (χ0) is 17.2. The van der Waals surface area contributed by atoms with Crippen LogP contribution in [0.5, 0.6) is 0 Å². The van der Waals surface area contributed by atoms with E-state index in [1.807, 2.05) is 26.0 Å². The Morgan fingerprint density at radius 3 is 2.48 bits per heavy atom. The molecule has 0 saturated carbocycles. The molecule has 1 aliphatic heterocycles. The van der Waals surface area contributed by atoms with Crippen LogP contribution in [-0.4, -0.2) is 24.7 Å². The zero-order valence-corrected chi connectivity index (χ0v) is 16.1. The number of rotatable bonds is 4. The van der Waals surface area contributed by atoms with Crippen LogP contribution in [0, 0.1) is 0 Å². The first-order valence-electron chi connectivity index (χ1n) is 8.43. The van der Waals surface area contributed by atoms with Gasteiger partial charge in [-0.1, -0.05) is 50.1 Å². The molecule has 1 fully saturated rings. The molecule has 128 valence electrons. The molecule has 1 atom stereocenters. The molecule has 1 aromatic carbocycles. The number of hydrogen-bond donors (Lipinski definition) is 1. The van der Waals surface area contributed by atoms with Crippen LogP contribution in [0.4, 0.5) is 0 Å². The minimum absolute atomic E-state index is 0.176. The topological polar surface area (TPSA) is 24.4 Å². The van der Waals surface area contributed by atoms with E-state index in [2.05, 4.69) is 31.3 Å². The van der Waals surface area contributed by atoms with E-state index in [-0.39, 0.29) is 6.04 Å². The third-order valence-electron chi connectivity index (χ3n) is 3.86. The molecule has 2 nitrogen and oxygen atoms in total. The van der Waals surface area contributed by atoms with Crippen LogP contribution in [0.25, 0.3) is 0 Å². The molecule has 0 aromatic heterocycles.